The molecule has 3 aliphatic rings. The monoisotopic (exact) mass is 878 g/mol. The summed E-state index contributed by atoms with van der Waals surface area (Å²) in [6.45, 7) is 22.1. The fourth-order valence-corrected chi connectivity index (χ4v) is 8.18. The molecule has 2 unspecified atom stereocenters. The van der Waals surface area contributed by atoms with Crippen molar-refractivity contribution in [3.8, 4) is 11.5 Å². The van der Waals surface area contributed by atoms with E-state index in [0.717, 1.165) is 16.7 Å². The molecule has 4 N–H and O–H groups in total. The first kappa shape index (κ1) is 51.3. The number of aryl methyl sites for hydroxylation is 4. The van der Waals surface area contributed by atoms with Crippen LogP contribution >= 0.6 is 0 Å². The number of rotatable bonds is 10. The minimum Gasteiger partial charge on any atom is -0.496 e. The fourth-order valence-electron chi connectivity index (χ4n) is 8.18. The molecule has 0 radical (unpaired) electrons. The van der Waals surface area contributed by atoms with E-state index in [1.807, 2.05) is 85.8 Å². The zero-order valence-corrected chi connectivity index (χ0v) is 39.4. The summed E-state index contributed by atoms with van der Waals surface area (Å²) in [4.78, 5) is 25.0. The summed E-state index contributed by atoms with van der Waals surface area (Å²) in [6.07, 6.45) is 10.7. The molecule has 63 heavy (non-hydrogen) atoms. The Labute approximate surface area is 373 Å². The number of carbonyl (C=O) groups is 2. The summed E-state index contributed by atoms with van der Waals surface area (Å²) in [7, 11) is 3.12. The van der Waals surface area contributed by atoms with E-state index in [1.54, 1.807) is 65.2 Å². The third-order valence-corrected chi connectivity index (χ3v) is 11.7. The fraction of sp³-hybridized carbons (Fsp3) is 0.560. The maximum atomic E-state index is 13.1. The van der Waals surface area contributed by atoms with E-state index < -0.39 is 54.2 Å². The number of aliphatic hydroxyl groups is 3. The van der Waals surface area contributed by atoms with Gasteiger partial charge in [-0.25, -0.2) is 9.59 Å². The van der Waals surface area contributed by atoms with Gasteiger partial charge in [-0.1, -0.05) is 74.6 Å². The van der Waals surface area contributed by atoms with Gasteiger partial charge in [-0.2, -0.15) is 0 Å². The summed E-state index contributed by atoms with van der Waals surface area (Å²) < 4.78 is 40.9. The Kier molecular flexibility index (Phi) is 17.6. The van der Waals surface area contributed by atoms with Crippen molar-refractivity contribution in [2.75, 3.05) is 14.2 Å². The SMILES string of the molecule is COc1c(C)cc(C)c(C(=O)O)c1/C=C/C[C@@H]1OC(C)(C)O[C@@H]1C(O)/C=C\[C@@H](C)[C@H](C)O.COc1c(C)cc(C)c2c1/C=C/C[C@@H]1OC(C)(C)O[C@@H]1C(O)/C=C\[C@@H](C)[C@H](C)OC2=O. The van der Waals surface area contributed by atoms with Crippen molar-refractivity contribution in [3.63, 3.8) is 0 Å². The summed E-state index contributed by atoms with van der Waals surface area (Å²) in [5.74, 6) is -2.11. The molecule has 0 aromatic heterocycles. The van der Waals surface area contributed by atoms with Gasteiger partial charge in [0.2, 0.25) is 0 Å². The number of carboxylic acids is 1. The van der Waals surface area contributed by atoms with Crippen molar-refractivity contribution in [1.29, 1.82) is 0 Å². The molecule has 3 aliphatic heterocycles. The van der Waals surface area contributed by atoms with Gasteiger partial charge in [0.05, 0.1) is 43.7 Å². The van der Waals surface area contributed by atoms with Crippen LogP contribution in [0.3, 0.4) is 0 Å². The molecule has 0 bridgehead atoms. The largest absolute Gasteiger partial charge is 0.496 e. The number of hydrogen-bond acceptors (Lipinski definition) is 12. The number of fused-ring (bicyclic) bond motifs is 2. The Hall–Kier alpha value is -4.34. The Morgan fingerprint density at radius 2 is 1.49 bits per heavy atom. The quantitative estimate of drug-likeness (QED) is 0.133. The molecule has 2 aromatic carbocycles. The molecular weight excluding hydrogens is 809 g/mol. The van der Waals surface area contributed by atoms with Gasteiger partial charge >= 0.3 is 11.9 Å². The minimum absolute atomic E-state index is 0.0954. The highest BCUT2D eigenvalue weighted by Crippen LogP contribution is 2.37. The molecule has 2 fully saturated rings. The summed E-state index contributed by atoms with van der Waals surface area (Å²) in [5.41, 5.74) is 5.16. The van der Waals surface area contributed by atoms with E-state index in [-0.39, 0.29) is 35.6 Å². The van der Waals surface area contributed by atoms with Gasteiger partial charge in [0.1, 0.15) is 42.0 Å². The van der Waals surface area contributed by atoms with Crippen molar-refractivity contribution in [2.24, 2.45) is 11.8 Å². The van der Waals surface area contributed by atoms with Gasteiger partial charge in [0.15, 0.2) is 11.6 Å². The van der Waals surface area contributed by atoms with Gasteiger partial charge < -0.3 is 53.6 Å². The van der Waals surface area contributed by atoms with Gasteiger partial charge in [-0.3, -0.25) is 0 Å². The molecule has 0 aliphatic carbocycles. The first-order chi connectivity index (χ1) is 29.4. The van der Waals surface area contributed by atoms with Crippen molar-refractivity contribution in [2.45, 2.75) is 156 Å². The maximum absolute atomic E-state index is 13.1. The van der Waals surface area contributed by atoms with Crippen LogP contribution in [0.25, 0.3) is 12.2 Å². The number of hydrogen-bond donors (Lipinski definition) is 4. The van der Waals surface area contributed by atoms with Gasteiger partial charge in [0, 0.05) is 17.0 Å². The third kappa shape index (κ3) is 12.9. The van der Waals surface area contributed by atoms with E-state index in [1.165, 1.54) is 7.11 Å². The van der Waals surface area contributed by atoms with E-state index in [9.17, 15) is 30.0 Å². The lowest BCUT2D eigenvalue weighted by Gasteiger charge is -2.23. The molecule has 10 atom stereocenters. The molecule has 0 spiro atoms. The highest BCUT2D eigenvalue weighted by atomic mass is 16.8. The standard InChI is InChI=1S/C25H36O7.C25H34O6/c1-14(17(4)26)11-12-19(27)23-20(31-25(5,6)32-23)10-8-9-18-21(24(28)29)15(2)13-16(3)22(18)30-7;1-14-11-12-19(26)23-20(30-25(5,6)31-23)10-8-9-18-21(24(27)29-17(14)4)15(2)13-16(3)22(18)28-7/h8-9,11-14,17,19-20,23,26-27H,10H2,1-7H3,(H,28,29);8-9,11-14,17,19-20,23,26H,10H2,1-7H3/b2*9-8+,12-11-/t2*14-,17+,19?,20+,23-/m11/s1. The lowest BCUT2D eigenvalue weighted by molar-refractivity contribution is -0.152. The smallest absolute Gasteiger partial charge is 0.339 e. The van der Waals surface area contributed by atoms with E-state index >= 15 is 0 Å². The number of ether oxygens (including phenoxy) is 7. The Balaban J connectivity index is 0.000000277. The van der Waals surface area contributed by atoms with Crippen LogP contribution in [0.5, 0.6) is 11.5 Å². The molecule has 348 valence electrons. The van der Waals surface area contributed by atoms with E-state index in [2.05, 4.69) is 0 Å². The number of aromatic carboxylic acids is 1. The molecule has 13 heteroatoms. The first-order valence-corrected chi connectivity index (χ1v) is 21.7. The minimum atomic E-state index is -1.02. The van der Waals surface area contributed by atoms with Crippen LogP contribution in [0.4, 0.5) is 0 Å². The van der Waals surface area contributed by atoms with Crippen LogP contribution < -0.4 is 9.47 Å². The third-order valence-electron chi connectivity index (χ3n) is 11.7. The second-order valence-corrected chi connectivity index (χ2v) is 17.8. The summed E-state index contributed by atoms with van der Waals surface area (Å²) in [5, 5.41) is 40.8. The molecule has 2 saturated heterocycles. The van der Waals surface area contributed by atoms with Crippen molar-refractivity contribution >= 4 is 24.1 Å². The van der Waals surface area contributed by atoms with Crippen LogP contribution in [0.1, 0.15) is 122 Å². The van der Waals surface area contributed by atoms with Crippen LogP contribution in [0, 0.1) is 39.5 Å². The zero-order chi connectivity index (χ0) is 47.1. The Bertz CT molecular complexity index is 2040. The number of aliphatic hydroxyl groups excluding tert-OH is 3. The first-order valence-electron chi connectivity index (χ1n) is 21.7. The normalized spacial score (nSPS) is 28.1. The number of carbonyl (C=O) groups excluding carboxylic acids is 1. The van der Waals surface area contributed by atoms with Crippen molar-refractivity contribution in [3.05, 3.63) is 93.1 Å². The second kappa shape index (κ2) is 21.6. The average Bonchev–Trinajstić information content (AvgIpc) is 3.68. The summed E-state index contributed by atoms with van der Waals surface area (Å²) in [6, 6.07) is 3.73. The van der Waals surface area contributed by atoms with Crippen LogP contribution in [0.15, 0.2) is 48.6 Å². The predicted molar refractivity (Wildman–Crippen MR) is 242 cm³/mol. The van der Waals surface area contributed by atoms with Crippen molar-refractivity contribution in [1.82, 2.24) is 0 Å². The van der Waals surface area contributed by atoms with Crippen molar-refractivity contribution < 1.29 is 63.2 Å². The Morgan fingerprint density at radius 1 is 0.873 bits per heavy atom. The average molecular weight is 879 g/mol. The van der Waals surface area contributed by atoms with Crippen LogP contribution in [-0.2, 0) is 23.7 Å². The van der Waals surface area contributed by atoms with E-state index in [0.29, 0.717) is 46.6 Å². The highest BCUT2D eigenvalue weighted by molar-refractivity contribution is 5.97. The lowest BCUT2D eigenvalue weighted by atomic mass is 9.95. The highest BCUT2D eigenvalue weighted by Gasteiger charge is 2.45. The molecule has 0 amide bonds. The molecule has 5 rings (SSSR count). The number of methoxy groups -OCH3 is 2. The molecular formula is C50H70O13. The zero-order valence-electron chi connectivity index (χ0n) is 39.4. The number of cyclic esters (lactones) is 1. The number of esters is 1. The maximum Gasteiger partial charge on any atom is 0.339 e. The number of benzene rings is 2. The van der Waals surface area contributed by atoms with Gasteiger partial charge in [-0.05, 0) is 110 Å². The van der Waals surface area contributed by atoms with E-state index in [4.69, 9.17) is 33.2 Å². The topological polar surface area (TPSA) is 180 Å². The van der Waals surface area contributed by atoms with Crippen LogP contribution in [0.2, 0.25) is 0 Å². The molecule has 2 aromatic rings. The van der Waals surface area contributed by atoms with Gasteiger partial charge in [0.25, 0.3) is 0 Å². The predicted octanol–water partition coefficient (Wildman–Crippen LogP) is 8.22. The number of carboxylic acid groups (broad SMARTS) is 1. The molecule has 0 saturated carbocycles. The lowest BCUT2D eigenvalue weighted by Crippen LogP contribution is -2.34. The second-order valence-electron chi connectivity index (χ2n) is 17.8. The van der Waals surface area contributed by atoms with Crippen LogP contribution in [-0.4, -0.2) is 107 Å². The van der Waals surface area contributed by atoms with Gasteiger partial charge in [-0.15, -0.1) is 0 Å². The summed E-state index contributed by atoms with van der Waals surface area (Å²) >= 11 is 0. The molecule has 3 heterocycles. The Morgan fingerprint density at radius 3 is 2.11 bits per heavy atom. The molecule has 13 nitrogen and oxygen atoms in total.